The lowest BCUT2D eigenvalue weighted by molar-refractivity contribution is -0.134. The number of carbonyl (C=O) groups excluding carboxylic acids is 1. The molecule has 1 aromatic carbocycles. The Kier molecular flexibility index (Phi) is 5.79. The fourth-order valence-electron chi connectivity index (χ4n) is 3.00. The third kappa shape index (κ3) is 4.06. The Morgan fingerprint density at radius 1 is 1.35 bits per heavy atom. The summed E-state index contributed by atoms with van der Waals surface area (Å²) < 4.78 is 25.8. The highest BCUT2D eigenvalue weighted by molar-refractivity contribution is 6.42. The molecule has 1 N–H and O–H groups in total. The summed E-state index contributed by atoms with van der Waals surface area (Å²) in [4.78, 5) is 26.1. The Balaban J connectivity index is 1.65. The lowest BCUT2D eigenvalue weighted by atomic mass is 10.1. The number of likely N-dealkylation sites (tertiary alicyclic amines) is 1. The second kappa shape index (κ2) is 8.52. The van der Waals surface area contributed by atoms with Crippen LogP contribution < -0.4 is 14.8 Å². The van der Waals surface area contributed by atoms with Gasteiger partial charge in [0.25, 0.3) is 5.88 Å². The van der Waals surface area contributed by atoms with E-state index in [-0.39, 0.29) is 39.4 Å². The Bertz CT molecular complexity index is 1190. The van der Waals surface area contributed by atoms with Crippen molar-refractivity contribution in [1.82, 2.24) is 19.9 Å². The van der Waals surface area contributed by atoms with Gasteiger partial charge in [0.1, 0.15) is 17.9 Å². The number of rotatable bonds is 6. The van der Waals surface area contributed by atoms with E-state index in [2.05, 4.69) is 26.8 Å². The molecule has 160 valence electrons. The first-order valence-electron chi connectivity index (χ1n) is 9.09. The first-order chi connectivity index (χ1) is 14.9. The fourth-order valence-corrected chi connectivity index (χ4v) is 3.31. The van der Waals surface area contributed by atoms with Gasteiger partial charge < -0.3 is 19.7 Å². The van der Waals surface area contributed by atoms with Gasteiger partial charge in [-0.3, -0.25) is 4.79 Å². The molecule has 0 spiro atoms. The summed E-state index contributed by atoms with van der Waals surface area (Å²) in [7, 11) is 1.48. The van der Waals surface area contributed by atoms with Crippen LogP contribution in [0.15, 0.2) is 37.2 Å². The maximum atomic E-state index is 14.5. The third-order valence-corrected chi connectivity index (χ3v) is 5.44. The predicted octanol–water partition coefficient (Wildman–Crippen LogP) is 4.00. The lowest BCUT2D eigenvalue weighted by Gasteiger charge is -2.38. The SMILES string of the molecule is C=CC(=O)N1CC(Oc2nc3c(Nc4ccc(Cl)c(Cl)c4F)ncnc3cc2OC)C1. The number of halogens is 3. The van der Waals surface area contributed by atoms with Crippen LogP contribution in [0.4, 0.5) is 15.9 Å². The standard InChI is InChI=1S/C20H16Cl2FN5O3/c1-3-15(29)28-7-10(8-28)31-20-14(30-2)6-13-18(27-20)19(25-9-24-13)26-12-5-4-11(21)16(22)17(12)23/h3-6,9-10H,1,7-8H2,2H3,(H,24,25,26). The fraction of sp³-hybridized carbons (Fsp3) is 0.200. The van der Waals surface area contributed by atoms with E-state index in [9.17, 15) is 9.18 Å². The van der Waals surface area contributed by atoms with Gasteiger partial charge in [0.2, 0.25) is 5.91 Å². The normalized spacial score (nSPS) is 13.6. The highest BCUT2D eigenvalue weighted by Gasteiger charge is 2.32. The van der Waals surface area contributed by atoms with Crippen molar-refractivity contribution < 1.29 is 18.7 Å². The van der Waals surface area contributed by atoms with Crippen LogP contribution in [0.2, 0.25) is 10.0 Å². The number of nitrogens with one attached hydrogen (secondary N) is 1. The zero-order valence-electron chi connectivity index (χ0n) is 16.2. The number of carbonyl (C=O) groups is 1. The Labute approximate surface area is 186 Å². The largest absolute Gasteiger partial charge is 0.491 e. The van der Waals surface area contributed by atoms with Gasteiger partial charge in [-0.1, -0.05) is 29.8 Å². The van der Waals surface area contributed by atoms with Crippen molar-refractivity contribution in [2.45, 2.75) is 6.10 Å². The van der Waals surface area contributed by atoms with E-state index in [0.29, 0.717) is 29.9 Å². The molecule has 3 aromatic rings. The number of methoxy groups -OCH3 is 1. The van der Waals surface area contributed by atoms with Crippen molar-refractivity contribution in [2.75, 3.05) is 25.5 Å². The first-order valence-corrected chi connectivity index (χ1v) is 9.85. The van der Waals surface area contributed by atoms with Gasteiger partial charge in [-0.25, -0.2) is 19.3 Å². The summed E-state index contributed by atoms with van der Waals surface area (Å²) >= 11 is 11.7. The van der Waals surface area contributed by atoms with Crippen LogP contribution in [0.5, 0.6) is 11.6 Å². The lowest BCUT2D eigenvalue weighted by Crippen LogP contribution is -2.55. The summed E-state index contributed by atoms with van der Waals surface area (Å²) in [5, 5.41) is 2.76. The Morgan fingerprint density at radius 3 is 2.84 bits per heavy atom. The van der Waals surface area contributed by atoms with Crippen LogP contribution in [0.3, 0.4) is 0 Å². The minimum Gasteiger partial charge on any atom is -0.491 e. The number of aromatic nitrogens is 3. The molecule has 1 amide bonds. The Hall–Kier alpha value is -3.17. The van der Waals surface area contributed by atoms with E-state index in [0.717, 1.165) is 0 Å². The molecule has 31 heavy (non-hydrogen) atoms. The molecular weight excluding hydrogens is 448 g/mol. The molecule has 4 rings (SSSR count). The van der Waals surface area contributed by atoms with Crippen molar-refractivity contribution in [3.05, 3.63) is 53.0 Å². The van der Waals surface area contributed by atoms with Crippen LogP contribution in [0.1, 0.15) is 0 Å². The van der Waals surface area contributed by atoms with Crippen LogP contribution in [0.25, 0.3) is 11.0 Å². The van der Waals surface area contributed by atoms with Gasteiger partial charge in [0.05, 0.1) is 41.4 Å². The molecule has 3 heterocycles. The molecule has 1 saturated heterocycles. The van der Waals surface area contributed by atoms with Gasteiger partial charge in [0.15, 0.2) is 17.4 Å². The molecular formula is C20H16Cl2FN5O3. The monoisotopic (exact) mass is 463 g/mol. The maximum absolute atomic E-state index is 14.5. The predicted molar refractivity (Wildman–Crippen MR) is 115 cm³/mol. The number of amides is 1. The van der Waals surface area contributed by atoms with Crippen LogP contribution in [-0.4, -0.2) is 52.1 Å². The molecule has 11 heteroatoms. The summed E-state index contributed by atoms with van der Waals surface area (Å²) in [6.45, 7) is 4.27. The molecule has 8 nitrogen and oxygen atoms in total. The van der Waals surface area contributed by atoms with E-state index in [1.807, 2.05) is 0 Å². The minimum absolute atomic E-state index is 0.0760. The van der Waals surface area contributed by atoms with Crippen LogP contribution in [-0.2, 0) is 4.79 Å². The molecule has 1 aliphatic rings. The number of benzene rings is 1. The molecule has 0 saturated carbocycles. The number of fused-ring (bicyclic) bond motifs is 1. The van der Waals surface area contributed by atoms with Crippen molar-refractivity contribution in [1.29, 1.82) is 0 Å². The van der Waals surface area contributed by atoms with E-state index >= 15 is 0 Å². The van der Waals surface area contributed by atoms with Gasteiger partial charge in [-0.05, 0) is 18.2 Å². The number of ether oxygens (including phenoxy) is 2. The summed E-state index contributed by atoms with van der Waals surface area (Å²) in [6, 6.07) is 4.55. The molecule has 0 atom stereocenters. The zero-order chi connectivity index (χ0) is 22.1. The zero-order valence-corrected chi connectivity index (χ0v) is 17.7. The van der Waals surface area contributed by atoms with E-state index in [1.165, 1.54) is 31.6 Å². The van der Waals surface area contributed by atoms with E-state index in [1.54, 1.807) is 11.0 Å². The second-order valence-corrected chi connectivity index (χ2v) is 7.41. The van der Waals surface area contributed by atoms with Gasteiger partial charge >= 0.3 is 0 Å². The van der Waals surface area contributed by atoms with Crippen molar-refractivity contribution >= 4 is 51.6 Å². The quantitative estimate of drug-likeness (QED) is 0.436. The molecule has 2 aromatic heterocycles. The summed E-state index contributed by atoms with van der Waals surface area (Å²) in [6.07, 6.45) is 2.31. The third-order valence-electron chi connectivity index (χ3n) is 4.66. The summed E-state index contributed by atoms with van der Waals surface area (Å²) in [5.74, 6) is -0.0643. The number of pyridine rings is 1. The first kappa shape index (κ1) is 21.1. The molecule has 0 aliphatic carbocycles. The van der Waals surface area contributed by atoms with Gasteiger partial charge in [-0.15, -0.1) is 0 Å². The van der Waals surface area contributed by atoms with Crippen LogP contribution >= 0.6 is 23.2 Å². The van der Waals surface area contributed by atoms with Crippen LogP contribution in [0, 0.1) is 5.82 Å². The Morgan fingerprint density at radius 2 is 2.13 bits per heavy atom. The molecule has 0 bridgehead atoms. The highest BCUT2D eigenvalue weighted by atomic mass is 35.5. The van der Waals surface area contributed by atoms with Crippen molar-refractivity contribution in [3.8, 4) is 11.6 Å². The van der Waals surface area contributed by atoms with Gasteiger partial charge in [0, 0.05) is 6.07 Å². The highest BCUT2D eigenvalue weighted by Crippen LogP contribution is 2.35. The number of nitrogens with zero attached hydrogens (tertiary/aromatic N) is 4. The molecule has 0 radical (unpaired) electrons. The van der Waals surface area contributed by atoms with Crippen molar-refractivity contribution in [3.63, 3.8) is 0 Å². The molecule has 1 aliphatic heterocycles. The van der Waals surface area contributed by atoms with Crippen molar-refractivity contribution in [2.24, 2.45) is 0 Å². The summed E-state index contributed by atoms with van der Waals surface area (Å²) in [5.41, 5.74) is 0.869. The number of anilines is 2. The maximum Gasteiger partial charge on any atom is 0.258 e. The minimum atomic E-state index is -0.715. The smallest absolute Gasteiger partial charge is 0.258 e. The topological polar surface area (TPSA) is 89.5 Å². The molecule has 0 unspecified atom stereocenters. The average Bonchev–Trinajstić information content (AvgIpc) is 2.75. The number of hydrogen-bond donors (Lipinski definition) is 1. The second-order valence-electron chi connectivity index (χ2n) is 6.62. The average molecular weight is 464 g/mol. The number of hydrogen-bond acceptors (Lipinski definition) is 7. The molecule has 1 fully saturated rings. The van der Waals surface area contributed by atoms with E-state index in [4.69, 9.17) is 32.7 Å². The van der Waals surface area contributed by atoms with E-state index < -0.39 is 5.82 Å². The van der Waals surface area contributed by atoms with Gasteiger partial charge in [-0.2, -0.15) is 0 Å².